The number of hydrogen-bond acceptors (Lipinski definition) is 4. The van der Waals surface area contributed by atoms with Crippen molar-refractivity contribution in [1.82, 2.24) is 4.90 Å². The van der Waals surface area contributed by atoms with Gasteiger partial charge in [0.2, 0.25) is 5.76 Å². The largest absolute Gasteiger partial charge is 0.450 e. The first-order chi connectivity index (χ1) is 15.5. The van der Waals surface area contributed by atoms with Crippen molar-refractivity contribution in [2.45, 2.75) is 43.7 Å². The molecule has 1 spiro atoms. The highest BCUT2D eigenvalue weighted by atomic mass is 35.5. The Morgan fingerprint density at radius 2 is 1.78 bits per heavy atom. The van der Waals surface area contributed by atoms with Crippen LogP contribution in [0.15, 0.2) is 51.7 Å². The van der Waals surface area contributed by atoms with Crippen LogP contribution in [0.4, 0.5) is 5.69 Å². The van der Waals surface area contributed by atoms with E-state index in [0.717, 1.165) is 32.1 Å². The fraction of sp³-hybridized carbons (Fsp3) is 0.320. The fourth-order valence-corrected chi connectivity index (χ4v) is 5.99. The Bertz CT molecular complexity index is 1370. The van der Waals surface area contributed by atoms with Crippen molar-refractivity contribution in [3.8, 4) is 0 Å². The molecule has 1 aliphatic carbocycles. The summed E-state index contributed by atoms with van der Waals surface area (Å²) in [6, 6.07) is 12.0. The molecule has 1 fully saturated rings. The lowest BCUT2D eigenvalue weighted by Crippen LogP contribution is -2.56. The smallest absolute Gasteiger partial charge is 0.291 e. The number of anilines is 1. The Morgan fingerprint density at radius 3 is 2.56 bits per heavy atom. The van der Waals surface area contributed by atoms with Crippen molar-refractivity contribution in [3.63, 3.8) is 0 Å². The van der Waals surface area contributed by atoms with Crippen LogP contribution in [0.3, 0.4) is 0 Å². The zero-order valence-electron chi connectivity index (χ0n) is 17.6. The van der Waals surface area contributed by atoms with Gasteiger partial charge in [0.1, 0.15) is 5.58 Å². The van der Waals surface area contributed by atoms with E-state index in [9.17, 15) is 14.4 Å². The van der Waals surface area contributed by atoms with Gasteiger partial charge in [0, 0.05) is 29.4 Å². The van der Waals surface area contributed by atoms with Crippen LogP contribution in [0, 0.1) is 0 Å². The summed E-state index contributed by atoms with van der Waals surface area (Å²) in [5.74, 6) is -0.724. The summed E-state index contributed by atoms with van der Waals surface area (Å²) in [4.78, 5) is 45.0. The van der Waals surface area contributed by atoms with Crippen LogP contribution < -0.4 is 10.3 Å². The monoisotopic (exact) mass is 448 g/mol. The molecule has 1 aromatic heterocycles. The average Bonchev–Trinajstić information content (AvgIpc) is 3.20. The second-order valence-corrected chi connectivity index (χ2v) is 9.27. The number of hydrogen-bond donors (Lipinski definition) is 0. The summed E-state index contributed by atoms with van der Waals surface area (Å²) in [6.45, 7) is 0. The van der Waals surface area contributed by atoms with Gasteiger partial charge in [-0.05, 0) is 37.1 Å². The molecule has 7 heteroatoms. The van der Waals surface area contributed by atoms with Gasteiger partial charge in [-0.3, -0.25) is 14.4 Å². The summed E-state index contributed by atoms with van der Waals surface area (Å²) in [5, 5.41) is 0.663. The van der Waals surface area contributed by atoms with Gasteiger partial charge in [-0.2, -0.15) is 0 Å². The zero-order valence-corrected chi connectivity index (χ0v) is 18.3. The topological polar surface area (TPSA) is 70.8 Å². The number of amides is 2. The third kappa shape index (κ3) is 2.28. The van der Waals surface area contributed by atoms with Gasteiger partial charge in [-0.25, -0.2) is 0 Å². The quantitative estimate of drug-likeness (QED) is 0.551. The summed E-state index contributed by atoms with van der Waals surface area (Å²) < 4.78 is 6.04. The fourth-order valence-electron chi connectivity index (χ4n) is 5.82. The van der Waals surface area contributed by atoms with Crippen LogP contribution in [0.5, 0.6) is 0 Å². The van der Waals surface area contributed by atoms with E-state index in [1.165, 1.54) is 0 Å². The molecule has 1 saturated carbocycles. The number of rotatable bonds is 1. The first kappa shape index (κ1) is 19.6. The van der Waals surface area contributed by atoms with Gasteiger partial charge in [0.25, 0.3) is 11.8 Å². The summed E-state index contributed by atoms with van der Waals surface area (Å²) in [7, 11) is 1.69. The normalized spacial score (nSPS) is 22.8. The number of likely N-dealkylation sites (N-methyl/N-ethyl adjacent to an activating group) is 1. The highest BCUT2D eigenvalue weighted by molar-refractivity contribution is 6.31. The number of para-hydroxylation sites is 1. The molecule has 3 aliphatic rings. The standard InChI is InChI=1S/C25H21ClN2O4/c1-27-18-10-6-5-9-17(18)25(24(27)31)20-21(29)16-13-14(26)11-12-19(16)32-22(20)23(30)28(25)15-7-3-2-4-8-15/h5-6,9-13,15H,2-4,7-8H2,1H3. The number of carbonyl (C=O) groups excluding carboxylic acids is 2. The number of fused-ring (bicyclic) bond motifs is 5. The SMILES string of the molecule is CN1C(=O)C2(c3ccccc31)c1c(oc3ccc(Cl)cc3c1=O)C(=O)N2C1CCCCC1. The second-order valence-electron chi connectivity index (χ2n) is 8.83. The highest BCUT2D eigenvalue weighted by Gasteiger charge is 2.65. The van der Waals surface area contributed by atoms with E-state index in [0.29, 0.717) is 21.9 Å². The minimum atomic E-state index is -1.52. The molecule has 6 rings (SSSR count). The molecule has 3 heterocycles. The van der Waals surface area contributed by atoms with Crippen LogP contribution in [0.25, 0.3) is 11.0 Å². The minimum absolute atomic E-state index is 0.0335. The van der Waals surface area contributed by atoms with Crippen LogP contribution in [0.2, 0.25) is 5.02 Å². The van der Waals surface area contributed by atoms with E-state index in [4.69, 9.17) is 16.0 Å². The second kappa shape index (κ2) is 6.69. The summed E-state index contributed by atoms with van der Waals surface area (Å²) in [5.41, 5.74) is -0.141. The maximum atomic E-state index is 14.0. The number of benzene rings is 2. The van der Waals surface area contributed by atoms with Crippen molar-refractivity contribution >= 4 is 40.1 Å². The predicted octanol–water partition coefficient (Wildman–Crippen LogP) is 4.45. The summed E-state index contributed by atoms with van der Waals surface area (Å²) in [6.07, 6.45) is 4.64. The van der Waals surface area contributed by atoms with Crippen molar-refractivity contribution in [1.29, 1.82) is 0 Å². The number of halogens is 1. The predicted molar refractivity (Wildman–Crippen MR) is 121 cm³/mol. The molecule has 0 saturated heterocycles. The van der Waals surface area contributed by atoms with Gasteiger partial charge in [0.15, 0.2) is 11.0 Å². The van der Waals surface area contributed by atoms with E-state index in [1.54, 1.807) is 35.0 Å². The van der Waals surface area contributed by atoms with Gasteiger partial charge < -0.3 is 14.2 Å². The molecule has 2 aliphatic heterocycles. The molecule has 6 nitrogen and oxygen atoms in total. The van der Waals surface area contributed by atoms with E-state index < -0.39 is 5.54 Å². The molecule has 2 aromatic carbocycles. The molecule has 1 atom stereocenters. The minimum Gasteiger partial charge on any atom is -0.450 e. The molecule has 0 N–H and O–H groups in total. The van der Waals surface area contributed by atoms with Crippen LogP contribution in [0.1, 0.15) is 53.8 Å². The summed E-state index contributed by atoms with van der Waals surface area (Å²) >= 11 is 6.17. The van der Waals surface area contributed by atoms with E-state index in [2.05, 4.69) is 0 Å². The molecule has 2 amide bonds. The van der Waals surface area contributed by atoms with Crippen molar-refractivity contribution < 1.29 is 14.0 Å². The Hall–Kier alpha value is -3.12. The van der Waals surface area contributed by atoms with Crippen molar-refractivity contribution in [2.24, 2.45) is 0 Å². The highest BCUT2D eigenvalue weighted by Crippen LogP contribution is 2.53. The third-order valence-electron chi connectivity index (χ3n) is 7.20. The molecule has 0 radical (unpaired) electrons. The molecule has 32 heavy (non-hydrogen) atoms. The Morgan fingerprint density at radius 1 is 1.03 bits per heavy atom. The van der Waals surface area contributed by atoms with Crippen molar-refractivity contribution in [2.75, 3.05) is 11.9 Å². The van der Waals surface area contributed by atoms with Gasteiger partial charge in [-0.1, -0.05) is 49.1 Å². The van der Waals surface area contributed by atoms with Crippen LogP contribution in [-0.4, -0.2) is 29.8 Å². The third-order valence-corrected chi connectivity index (χ3v) is 7.43. The molecule has 1 unspecified atom stereocenters. The average molecular weight is 449 g/mol. The van der Waals surface area contributed by atoms with Crippen molar-refractivity contribution in [3.05, 3.63) is 74.6 Å². The molecule has 0 bridgehead atoms. The first-order valence-electron chi connectivity index (χ1n) is 10.9. The maximum absolute atomic E-state index is 14.0. The van der Waals surface area contributed by atoms with Gasteiger partial charge >= 0.3 is 0 Å². The van der Waals surface area contributed by atoms with E-state index >= 15 is 0 Å². The lowest BCUT2D eigenvalue weighted by Gasteiger charge is -2.41. The van der Waals surface area contributed by atoms with Gasteiger partial charge in [0.05, 0.1) is 10.9 Å². The van der Waals surface area contributed by atoms with Crippen LogP contribution >= 0.6 is 11.6 Å². The van der Waals surface area contributed by atoms with Crippen LogP contribution in [-0.2, 0) is 10.3 Å². The number of nitrogens with zero attached hydrogens (tertiary/aromatic N) is 2. The lowest BCUT2D eigenvalue weighted by molar-refractivity contribution is -0.127. The van der Waals surface area contributed by atoms with E-state index in [-0.39, 0.29) is 40.0 Å². The lowest BCUT2D eigenvalue weighted by atomic mass is 9.81. The Labute approximate surface area is 189 Å². The molecule has 162 valence electrons. The first-order valence-corrected chi connectivity index (χ1v) is 11.3. The Kier molecular flexibility index (Phi) is 4.09. The number of carbonyl (C=O) groups is 2. The molecular weight excluding hydrogens is 428 g/mol. The maximum Gasteiger partial charge on any atom is 0.291 e. The van der Waals surface area contributed by atoms with Gasteiger partial charge in [-0.15, -0.1) is 0 Å². The van der Waals surface area contributed by atoms with E-state index in [1.807, 2.05) is 24.3 Å². The molecule has 3 aromatic rings. The zero-order chi connectivity index (χ0) is 22.2. The molecular formula is C25H21ClN2O4. The Balaban J connectivity index is 1.75.